The van der Waals surface area contributed by atoms with Gasteiger partial charge in [0.15, 0.2) is 5.78 Å². The molecule has 98 valence electrons. The smallest absolute Gasteiger partial charge is 0.171 e. The first-order valence-corrected chi connectivity index (χ1v) is 5.81. The molecule has 2 aromatic rings. The van der Waals surface area contributed by atoms with Crippen molar-refractivity contribution in [3.63, 3.8) is 0 Å². The van der Waals surface area contributed by atoms with Gasteiger partial charge in [-0.05, 0) is 23.8 Å². The van der Waals surface area contributed by atoms with Crippen molar-refractivity contribution in [2.24, 2.45) is 5.92 Å². The van der Waals surface area contributed by atoms with Gasteiger partial charge in [0, 0.05) is 11.5 Å². The number of rotatable bonds is 3. The predicted molar refractivity (Wildman–Crippen MR) is 66.6 cm³/mol. The summed E-state index contributed by atoms with van der Waals surface area (Å²) in [5.74, 6) is -2.72. The van der Waals surface area contributed by atoms with E-state index in [9.17, 15) is 13.6 Å². The Hall–Kier alpha value is -2.17. The number of ketones is 1. The Bertz CT molecular complexity index is 589. The van der Waals surface area contributed by atoms with E-state index in [-0.39, 0.29) is 0 Å². The highest BCUT2D eigenvalue weighted by Crippen LogP contribution is 2.25. The largest absolute Gasteiger partial charge is 0.294 e. The summed E-state index contributed by atoms with van der Waals surface area (Å²) in [4.78, 5) is 11.7. The molecule has 0 saturated heterocycles. The molecule has 2 rings (SSSR count). The van der Waals surface area contributed by atoms with Crippen LogP contribution in [-0.2, 0) is 0 Å². The van der Waals surface area contributed by atoms with Crippen LogP contribution < -0.4 is 0 Å². The Morgan fingerprint density at radius 3 is 2.21 bits per heavy atom. The number of hydrogen-bond acceptors (Lipinski definition) is 3. The monoisotopic (exact) mass is 262 g/mol. The van der Waals surface area contributed by atoms with E-state index in [1.54, 1.807) is 19.9 Å². The van der Waals surface area contributed by atoms with Gasteiger partial charge in [-0.25, -0.2) is 8.78 Å². The van der Waals surface area contributed by atoms with E-state index in [2.05, 4.69) is 10.2 Å². The molecule has 0 aliphatic rings. The molecule has 0 saturated carbocycles. The number of carbonyl (C=O) groups is 1. The second kappa shape index (κ2) is 5.22. The van der Waals surface area contributed by atoms with Crippen molar-refractivity contribution in [2.75, 3.05) is 0 Å². The molecule has 5 heteroatoms. The lowest BCUT2D eigenvalue weighted by atomic mass is 9.97. The number of aromatic nitrogens is 2. The summed E-state index contributed by atoms with van der Waals surface area (Å²) in [6, 6.07) is 3.86. The van der Waals surface area contributed by atoms with Crippen LogP contribution in [0.15, 0.2) is 30.6 Å². The first-order chi connectivity index (χ1) is 9.00. The Balaban J connectivity index is 2.52. The van der Waals surface area contributed by atoms with Crippen LogP contribution in [0.3, 0.4) is 0 Å². The standard InChI is InChI=1S/C14H12F2N2O/c1-8(2)14(19)13-11(15)5-10(6-12(13)16)9-3-4-17-18-7-9/h3-8H,1-2H3. The average molecular weight is 262 g/mol. The third-order valence-electron chi connectivity index (χ3n) is 2.73. The fraction of sp³-hybridized carbons (Fsp3) is 0.214. The molecule has 1 aromatic heterocycles. The molecule has 1 aromatic carbocycles. The molecular formula is C14H12F2N2O. The number of nitrogens with zero attached hydrogens (tertiary/aromatic N) is 2. The molecule has 0 radical (unpaired) electrons. The van der Waals surface area contributed by atoms with Crippen LogP contribution in [0, 0.1) is 17.6 Å². The quantitative estimate of drug-likeness (QED) is 0.797. The third kappa shape index (κ3) is 2.65. The zero-order chi connectivity index (χ0) is 14.0. The van der Waals surface area contributed by atoms with Gasteiger partial charge in [0.25, 0.3) is 0 Å². The summed E-state index contributed by atoms with van der Waals surface area (Å²) in [6.07, 6.45) is 2.83. The number of hydrogen-bond donors (Lipinski definition) is 0. The topological polar surface area (TPSA) is 42.9 Å². The maximum atomic E-state index is 13.9. The summed E-state index contributed by atoms with van der Waals surface area (Å²) >= 11 is 0. The van der Waals surface area contributed by atoms with Gasteiger partial charge in [-0.3, -0.25) is 4.79 Å². The summed E-state index contributed by atoms with van der Waals surface area (Å²) in [7, 11) is 0. The predicted octanol–water partition coefficient (Wildman–Crippen LogP) is 3.26. The van der Waals surface area contributed by atoms with Crippen LogP contribution in [0.25, 0.3) is 11.1 Å². The minimum atomic E-state index is -0.856. The second-order valence-electron chi connectivity index (χ2n) is 4.46. The van der Waals surface area contributed by atoms with Crippen LogP contribution in [0.1, 0.15) is 24.2 Å². The van der Waals surface area contributed by atoms with Crippen molar-refractivity contribution in [1.29, 1.82) is 0 Å². The Morgan fingerprint density at radius 2 is 1.74 bits per heavy atom. The van der Waals surface area contributed by atoms with Crippen molar-refractivity contribution in [2.45, 2.75) is 13.8 Å². The van der Waals surface area contributed by atoms with Crippen molar-refractivity contribution in [3.8, 4) is 11.1 Å². The lowest BCUT2D eigenvalue weighted by Gasteiger charge is -2.09. The normalized spacial score (nSPS) is 10.8. The van der Waals surface area contributed by atoms with E-state index in [4.69, 9.17) is 0 Å². The maximum absolute atomic E-state index is 13.9. The van der Waals surface area contributed by atoms with E-state index < -0.39 is 28.9 Å². The summed E-state index contributed by atoms with van der Waals surface area (Å²) in [6.45, 7) is 3.20. The maximum Gasteiger partial charge on any atom is 0.171 e. The fourth-order valence-electron chi connectivity index (χ4n) is 1.73. The first-order valence-electron chi connectivity index (χ1n) is 5.81. The van der Waals surface area contributed by atoms with Gasteiger partial charge >= 0.3 is 0 Å². The van der Waals surface area contributed by atoms with Crippen molar-refractivity contribution < 1.29 is 13.6 Å². The molecule has 0 aliphatic heterocycles. The molecule has 0 amide bonds. The highest BCUT2D eigenvalue weighted by Gasteiger charge is 2.21. The number of carbonyl (C=O) groups excluding carboxylic acids is 1. The molecule has 3 nitrogen and oxygen atoms in total. The van der Waals surface area contributed by atoms with Crippen LogP contribution in [0.5, 0.6) is 0 Å². The molecule has 0 aliphatic carbocycles. The van der Waals surface area contributed by atoms with E-state index in [0.717, 1.165) is 12.1 Å². The van der Waals surface area contributed by atoms with Gasteiger partial charge in [-0.15, -0.1) is 0 Å². The van der Waals surface area contributed by atoms with E-state index >= 15 is 0 Å². The highest BCUT2D eigenvalue weighted by atomic mass is 19.1. The van der Waals surface area contributed by atoms with Crippen molar-refractivity contribution in [3.05, 3.63) is 47.8 Å². The zero-order valence-corrected chi connectivity index (χ0v) is 10.5. The van der Waals surface area contributed by atoms with Crippen LogP contribution in [-0.4, -0.2) is 16.0 Å². The zero-order valence-electron chi connectivity index (χ0n) is 10.5. The van der Waals surface area contributed by atoms with Crippen molar-refractivity contribution >= 4 is 5.78 Å². The Morgan fingerprint density at radius 1 is 1.11 bits per heavy atom. The molecule has 0 atom stereocenters. The minimum Gasteiger partial charge on any atom is -0.294 e. The SMILES string of the molecule is CC(C)C(=O)c1c(F)cc(-c2ccnnc2)cc1F. The lowest BCUT2D eigenvalue weighted by molar-refractivity contribution is 0.0931. The second-order valence-corrected chi connectivity index (χ2v) is 4.46. The summed E-state index contributed by atoms with van der Waals surface area (Å²) < 4.78 is 27.8. The Labute approximate surface area is 109 Å². The molecule has 1 heterocycles. The Kier molecular flexibility index (Phi) is 3.64. The molecular weight excluding hydrogens is 250 g/mol. The fourth-order valence-corrected chi connectivity index (χ4v) is 1.73. The summed E-state index contributed by atoms with van der Waals surface area (Å²) in [5, 5.41) is 7.24. The highest BCUT2D eigenvalue weighted by molar-refractivity contribution is 5.98. The first kappa shape index (κ1) is 13.3. The average Bonchev–Trinajstić information content (AvgIpc) is 2.38. The van der Waals surface area contributed by atoms with E-state index in [1.807, 2.05) is 0 Å². The number of halogens is 2. The van der Waals surface area contributed by atoms with Gasteiger partial charge in [-0.1, -0.05) is 13.8 Å². The number of benzene rings is 1. The molecule has 19 heavy (non-hydrogen) atoms. The van der Waals surface area contributed by atoms with E-state index in [1.165, 1.54) is 12.4 Å². The van der Waals surface area contributed by atoms with Gasteiger partial charge in [0.05, 0.1) is 18.0 Å². The molecule has 0 spiro atoms. The van der Waals surface area contributed by atoms with Crippen LogP contribution in [0.2, 0.25) is 0 Å². The van der Waals surface area contributed by atoms with Gasteiger partial charge in [0.1, 0.15) is 11.6 Å². The van der Waals surface area contributed by atoms with E-state index in [0.29, 0.717) is 11.1 Å². The van der Waals surface area contributed by atoms with Crippen LogP contribution in [0.4, 0.5) is 8.78 Å². The van der Waals surface area contributed by atoms with Gasteiger partial charge < -0.3 is 0 Å². The van der Waals surface area contributed by atoms with Gasteiger partial charge in [-0.2, -0.15) is 10.2 Å². The number of Topliss-reactive ketones (excluding diaryl/α,β-unsaturated/α-hetero) is 1. The lowest BCUT2D eigenvalue weighted by Crippen LogP contribution is -2.12. The summed E-state index contributed by atoms with van der Waals surface area (Å²) in [5.41, 5.74) is 0.377. The van der Waals surface area contributed by atoms with Gasteiger partial charge in [0.2, 0.25) is 0 Å². The minimum absolute atomic E-state index is 0.324. The van der Waals surface area contributed by atoms with Crippen LogP contribution >= 0.6 is 0 Å². The molecule has 0 unspecified atom stereocenters. The molecule has 0 N–H and O–H groups in total. The molecule has 0 bridgehead atoms. The third-order valence-corrected chi connectivity index (χ3v) is 2.73. The van der Waals surface area contributed by atoms with Crippen molar-refractivity contribution in [1.82, 2.24) is 10.2 Å². The molecule has 0 fully saturated rings.